The molecule has 2 rings (SSSR count). The fourth-order valence-corrected chi connectivity index (χ4v) is 1.50. The van der Waals surface area contributed by atoms with E-state index in [1.54, 1.807) is 7.05 Å². The molecule has 1 aromatic heterocycles. The van der Waals surface area contributed by atoms with Crippen molar-refractivity contribution in [3.8, 4) is 0 Å². The Kier molecular flexibility index (Phi) is 2.27. The Balaban J connectivity index is 2.66. The lowest BCUT2D eigenvalue weighted by Gasteiger charge is -2.06. The maximum Gasteiger partial charge on any atom is 0.416 e. The number of hydrazine groups is 1. The van der Waals surface area contributed by atoms with E-state index in [9.17, 15) is 13.2 Å². The lowest BCUT2D eigenvalue weighted by atomic mass is 10.2. The molecule has 16 heavy (non-hydrogen) atoms. The van der Waals surface area contributed by atoms with Gasteiger partial charge in [0.2, 0.25) is 5.95 Å². The molecule has 0 aliphatic rings. The molecule has 0 radical (unpaired) electrons. The molecule has 0 saturated heterocycles. The van der Waals surface area contributed by atoms with Gasteiger partial charge in [-0.25, -0.2) is 10.8 Å². The molecule has 1 heterocycles. The van der Waals surface area contributed by atoms with Crippen LogP contribution in [0.5, 0.6) is 0 Å². The topological polar surface area (TPSA) is 55.9 Å². The van der Waals surface area contributed by atoms with Gasteiger partial charge >= 0.3 is 6.18 Å². The Labute approximate surface area is 88.8 Å². The zero-order chi connectivity index (χ0) is 11.9. The predicted molar refractivity (Wildman–Crippen MR) is 53.5 cm³/mol. The van der Waals surface area contributed by atoms with Crippen LogP contribution in [0.15, 0.2) is 18.2 Å². The fourth-order valence-electron chi connectivity index (χ4n) is 1.50. The van der Waals surface area contributed by atoms with Crippen molar-refractivity contribution >= 4 is 17.0 Å². The van der Waals surface area contributed by atoms with E-state index in [1.807, 2.05) is 0 Å². The Bertz CT molecular complexity index is 529. The summed E-state index contributed by atoms with van der Waals surface area (Å²) in [5.41, 5.74) is 2.45. The van der Waals surface area contributed by atoms with Gasteiger partial charge in [-0.05, 0) is 18.2 Å². The molecule has 0 unspecified atom stereocenters. The number of nitrogens with zero attached hydrogens (tertiary/aromatic N) is 2. The van der Waals surface area contributed by atoms with Gasteiger partial charge in [0.15, 0.2) is 0 Å². The molecule has 3 N–H and O–H groups in total. The number of aryl methyl sites for hydroxylation is 1. The van der Waals surface area contributed by atoms with Crippen molar-refractivity contribution in [3.63, 3.8) is 0 Å². The molecule has 4 nitrogen and oxygen atoms in total. The second-order valence-corrected chi connectivity index (χ2v) is 3.34. The van der Waals surface area contributed by atoms with Crippen LogP contribution in [-0.2, 0) is 13.2 Å². The van der Waals surface area contributed by atoms with Crippen LogP contribution in [0.4, 0.5) is 19.1 Å². The number of benzene rings is 1. The van der Waals surface area contributed by atoms with E-state index >= 15 is 0 Å². The molecular weight excluding hydrogens is 221 g/mol. The Morgan fingerprint density at radius 3 is 2.62 bits per heavy atom. The highest BCUT2D eigenvalue weighted by atomic mass is 19.4. The van der Waals surface area contributed by atoms with Gasteiger partial charge in [0.25, 0.3) is 0 Å². The molecule has 0 amide bonds. The highest BCUT2D eigenvalue weighted by molar-refractivity contribution is 5.79. The predicted octanol–water partition coefficient (Wildman–Crippen LogP) is 1.88. The standard InChI is InChI=1S/C9H9F3N4/c1-16-7-4-5(9(10,11)12)2-3-6(7)14-8(16)15-13/h2-4H,13H2,1H3,(H,14,15). The minimum absolute atomic E-state index is 0.314. The molecule has 0 atom stereocenters. The van der Waals surface area contributed by atoms with Crippen molar-refractivity contribution in [2.45, 2.75) is 6.18 Å². The second-order valence-electron chi connectivity index (χ2n) is 3.34. The monoisotopic (exact) mass is 230 g/mol. The van der Waals surface area contributed by atoms with Gasteiger partial charge < -0.3 is 4.57 Å². The molecule has 0 aliphatic heterocycles. The number of aromatic nitrogens is 2. The summed E-state index contributed by atoms with van der Waals surface area (Å²) in [7, 11) is 1.59. The lowest BCUT2D eigenvalue weighted by molar-refractivity contribution is -0.137. The van der Waals surface area contributed by atoms with Crippen molar-refractivity contribution in [1.29, 1.82) is 0 Å². The maximum atomic E-state index is 12.5. The smallest absolute Gasteiger partial charge is 0.312 e. The number of nitrogen functional groups attached to an aromatic ring is 1. The summed E-state index contributed by atoms with van der Waals surface area (Å²) in [6.07, 6.45) is -4.35. The Morgan fingerprint density at radius 2 is 2.06 bits per heavy atom. The van der Waals surface area contributed by atoms with Crippen molar-refractivity contribution in [3.05, 3.63) is 23.8 Å². The normalized spacial score (nSPS) is 12.1. The number of hydrogen-bond donors (Lipinski definition) is 2. The number of nitrogens with one attached hydrogen (secondary N) is 1. The number of hydrogen-bond acceptors (Lipinski definition) is 3. The van der Waals surface area contributed by atoms with Crippen LogP contribution >= 0.6 is 0 Å². The third-order valence-corrected chi connectivity index (χ3v) is 2.34. The fraction of sp³-hybridized carbons (Fsp3) is 0.222. The third-order valence-electron chi connectivity index (χ3n) is 2.34. The first kappa shape index (κ1) is 10.7. The highest BCUT2D eigenvalue weighted by Gasteiger charge is 2.30. The van der Waals surface area contributed by atoms with E-state index in [1.165, 1.54) is 10.6 Å². The van der Waals surface area contributed by atoms with Crippen LogP contribution in [0.1, 0.15) is 5.56 Å². The average molecular weight is 230 g/mol. The number of halogens is 3. The maximum absolute atomic E-state index is 12.5. The van der Waals surface area contributed by atoms with Crippen molar-refractivity contribution in [2.75, 3.05) is 5.43 Å². The molecule has 1 aromatic carbocycles. The van der Waals surface area contributed by atoms with Gasteiger partial charge in [0, 0.05) is 7.05 Å². The molecule has 0 bridgehead atoms. The first-order valence-electron chi connectivity index (χ1n) is 4.44. The Hall–Kier alpha value is -1.76. The number of imidazole rings is 1. The van der Waals surface area contributed by atoms with Gasteiger partial charge in [0.1, 0.15) is 0 Å². The molecule has 86 valence electrons. The minimum atomic E-state index is -4.35. The van der Waals surface area contributed by atoms with Crippen LogP contribution in [0, 0.1) is 0 Å². The SMILES string of the molecule is Cn1c(NN)nc2ccc(C(F)(F)F)cc21. The summed E-state index contributed by atoms with van der Waals surface area (Å²) >= 11 is 0. The summed E-state index contributed by atoms with van der Waals surface area (Å²) in [6, 6.07) is 3.36. The molecule has 2 aromatic rings. The molecular formula is C9H9F3N4. The quantitative estimate of drug-likeness (QED) is 0.581. The first-order valence-corrected chi connectivity index (χ1v) is 4.44. The number of nitrogens with two attached hydrogens (primary N) is 1. The highest BCUT2D eigenvalue weighted by Crippen LogP contribution is 2.31. The Morgan fingerprint density at radius 1 is 1.38 bits per heavy atom. The van der Waals surface area contributed by atoms with E-state index in [0.29, 0.717) is 17.0 Å². The van der Waals surface area contributed by atoms with Gasteiger partial charge in [-0.15, -0.1) is 0 Å². The van der Waals surface area contributed by atoms with E-state index in [0.717, 1.165) is 12.1 Å². The largest absolute Gasteiger partial charge is 0.416 e. The van der Waals surface area contributed by atoms with Crippen molar-refractivity contribution in [2.24, 2.45) is 12.9 Å². The first-order chi connectivity index (χ1) is 7.43. The lowest BCUT2D eigenvalue weighted by Crippen LogP contribution is -2.11. The van der Waals surface area contributed by atoms with Crippen molar-refractivity contribution < 1.29 is 13.2 Å². The van der Waals surface area contributed by atoms with E-state index in [2.05, 4.69) is 10.4 Å². The van der Waals surface area contributed by atoms with E-state index in [-0.39, 0.29) is 0 Å². The zero-order valence-electron chi connectivity index (χ0n) is 8.34. The van der Waals surface area contributed by atoms with Crippen molar-refractivity contribution in [1.82, 2.24) is 9.55 Å². The molecule has 0 spiro atoms. The van der Waals surface area contributed by atoms with Crippen LogP contribution in [0.3, 0.4) is 0 Å². The van der Waals surface area contributed by atoms with E-state index in [4.69, 9.17) is 5.84 Å². The van der Waals surface area contributed by atoms with Gasteiger partial charge in [-0.2, -0.15) is 13.2 Å². The zero-order valence-corrected chi connectivity index (χ0v) is 8.34. The minimum Gasteiger partial charge on any atom is -0.312 e. The second kappa shape index (κ2) is 3.38. The van der Waals surface area contributed by atoms with Crippen LogP contribution in [-0.4, -0.2) is 9.55 Å². The molecule has 0 saturated carbocycles. The third kappa shape index (κ3) is 1.58. The van der Waals surface area contributed by atoms with Crippen LogP contribution < -0.4 is 11.3 Å². The summed E-state index contributed by atoms with van der Waals surface area (Å²) in [4.78, 5) is 4.01. The number of alkyl halides is 3. The van der Waals surface area contributed by atoms with Gasteiger partial charge in [-0.3, -0.25) is 5.43 Å². The van der Waals surface area contributed by atoms with Gasteiger partial charge in [-0.1, -0.05) is 0 Å². The number of fused-ring (bicyclic) bond motifs is 1. The average Bonchev–Trinajstić information content (AvgIpc) is 2.54. The van der Waals surface area contributed by atoms with Crippen LogP contribution in [0.2, 0.25) is 0 Å². The summed E-state index contributed by atoms with van der Waals surface area (Å²) in [5, 5.41) is 0. The summed E-state index contributed by atoms with van der Waals surface area (Å²) < 4.78 is 38.9. The molecule has 0 fully saturated rings. The summed E-state index contributed by atoms with van der Waals surface area (Å²) in [6.45, 7) is 0. The van der Waals surface area contributed by atoms with Gasteiger partial charge in [0.05, 0.1) is 16.6 Å². The molecule has 0 aliphatic carbocycles. The summed E-state index contributed by atoms with van der Waals surface area (Å²) in [5.74, 6) is 5.50. The molecule has 7 heteroatoms. The number of anilines is 1. The number of rotatable bonds is 1. The van der Waals surface area contributed by atoms with Crippen LogP contribution in [0.25, 0.3) is 11.0 Å². The van der Waals surface area contributed by atoms with E-state index < -0.39 is 11.7 Å².